The second kappa shape index (κ2) is 20.6. The fraction of sp³-hybridized carbons (Fsp3) is 0.920. The van der Waals surface area contributed by atoms with E-state index < -0.39 is 5.41 Å². The lowest BCUT2D eigenvalue weighted by Crippen LogP contribution is -2.42. The number of esters is 2. The van der Waals surface area contributed by atoms with Gasteiger partial charge in [0.25, 0.3) is 0 Å². The summed E-state index contributed by atoms with van der Waals surface area (Å²) in [5.74, 6) is -0.750. The summed E-state index contributed by atoms with van der Waals surface area (Å²) in [5.41, 5.74) is -1.13. The molecule has 0 heterocycles. The van der Waals surface area contributed by atoms with Crippen molar-refractivity contribution in [2.24, 2.45) is 5.41 Å². The maximum Gasteiger partial charge on any atom is 0.323 e. The van der Waals surface area contributed by atoms with Crippen molar-refractivity contribution >= 4 is 34.5 Å². The number of alkyl halides is 1. The monoisotopic (exact) mass is 538 g/mol. The van der Waals surface area contributed by atoms with Gasteiger partial charge in [-0.25, -0.2) is 0 Å². The van der Waals surface area contributed by atoms with Gasteiger partial charge in [0.15, 0.2) is 5.41 Å². The Labute approximate surface area is 199 Å². The molecule has 0 fully saturated rings. The summed E-state index contributed by atoms with van der Waals surface area (Å²) in [5, 5.41) is 0. The van der Waals surface area contributed by atoms with Gasteiger partial charge in [-0.1, -0.05) is 114 Å². The molecule has 0 saturated carbocycles. The quantitative estimate of drug-likeness (QED) is 0.0492. The van der Waals surface area contributed by atoms with E-state index in [0.29, 0.717) is 26.1 Å². The van der Waals surface area contributed by atoms with Gasteiger partial charge in [0, 0.05) is 0 Å². The minimum atomic E-state index is -1.13. The van der Waals surface area contributed by atoms with Crippen LogP contribution in [0.25, 0.3) is 0 Å². The van der Waals surface area contributed by atoms with Crippen LogP contribution in [0.1, 0.15) is 124 Å². The number of carbonyl (C=O) groups is 2. The third kappa shape index (κ3) is 13.2. The van der Waals surface area contributed by atoms with Crippen molar-refractivity contribution in [2.75, 3.05) is 17.6 Å². The van der Waals surface area contributed by atoms with E-state index in [1.165, 1.54) is 51.4 Å². The van der Waals surface area contributed by atoms with Crippen LogP contribution in [0.4, 0.5) is 0 Å². The molecule has 0 rings (SSSR count). The van der Waals surface area contributed by atoms with Crippen molar-refractivity contribution < 1.29 is 19.1 Å². The fourth-order valence-corrected chi connectivity index (χ4v) is 4.18. The standard InChI is InChI=1S/C25H47IO4/c1-4-7-9-11-13-17-21-29-23(27)25(6-3,19-15-16-20-26)24(28)30-22-18-14-12-10-8-5-2/h4-22H2,1-3H3. The van der Waals surface area contributed by atoms with Gasteiger partial charge in [0.2, 0.25) is 0 Å². The second-order valence-corrected chi connectivity index (χ2v) is 9.47. The first-order valence-corrected chi connectivity index (χ1v) is 14.0. The summed E-state index contributed by atoms with van der Waals surface area (Å²) in [7, 11) is 0. The van der Waals surface area contributed by atoms with Crippen LogP contribution in [0, 0.1) is 5.41 Å². The van der Waals surface area contributed by atoms with Crippen LogP contribution in [-0.4, -0.2) is 29.6 Å². The Kier molecular flexibility index (Phi) is 20.3. The van der Waals surface area contributed by atoms with E-state index in [1.807, 2.05) is 6.92 Å². The number of hydrogen-bond acceptors (Lipinski definition) is 4. The largest absolute Gasteiger partial charge is 0.465 e. The third-order valence-electron chi connectivity index (χ3n) is 5.83. The zero-order valence-corrected chi connectivity index (χ0v) is 22.1. The highest BCUT2D eigenvalue weighted by Gasteiger charge is 2.46. The van der Waals surface area contributed by atoms with Crippen molar-refractivity contribution in [1.29, 1.82) is 0 Å². The Morgan fingerprint density at radius 3 is 1.47 bits per heavy atom. The van der Waals surface area contributed by atoms with E-state index in [2.05, 4.69) is 36.4 Å². The van der Waals surface area contributed by atoms with E-state index in [4.69, 9.17) is 9.47 Å². The molecule has 178 valence electrons. The predicted molar refractivity (Wildman–Crippen MR) is 134 cm³/mol. The average Bonchev–Trinajstić information content (AvgIpc) is 2.75. The molecule has 0 aromatic carbocycles. The molecule has 0 radical (unpaired) electrons. The van der Waals surface area contributed by atoms with Gasteiger partial charge in [-0.2, -0.15) is 0 Å². The van der Waals surface area contributed by atoms with Crippen molar-refractivity contribution in [3.63, 3.8) is 0 Å². The van der Waals surface area contributed by atoms with E-state index in [-0.39, 0.29) is 11.9 Å². The van der Waals surface area contributed by atoms with Gasteiger partial charge in [0.05, 0.1) is 13.2 Å². The molecule has 0 atom stereocenters. The number of halogens is 1. The molecule has 0 unspecified atom stereocenters. The number of unbranched alkanes of at least 4 members (excludes halogenated alkanes) is 11. The Balaban J connectivity index is 4.57. The highest BCUT2D eigenvalue weighted by atomic mass is 127. The molecule has 0 bridgehead atoms. The average molecular weight is 539 g/mol. The van der Waals surface area contributed by atoms with Gasteiger partial charge in [0.1, 0.15) is 0 Å². The fourth-order valence-electron chi connectivity index (χ4n) is 3.64. The van der Waals surface area contributed by atoms with Gasteiger partial charge in [-0.05, 0) is 36.5 Å². The molecule has 0 aliphatic carbocycles. The molecule has 0 aromatic rings. The van der Waals surface area contributed by atoms with Crippen molar-refractivity contribution in [3.05, 3.63) is 0 Å². The molecule has 30 heavy (non-hydrogen) atoms. The van der Waals surface area contributed by atoms with Crippen LogP contribution in [0.15, 0.2) is 0 Å². The molecular weight excluding hydrogens is 491 g/mol. The van der Waals surface area contributed by atoms with Crippen LogP contribution in [0.2, 0.25) is 0 Å². The van der Waals surface area contributed by atoms with E-state index >= 15 is 0 Å². The molecule has 5 heteroatoms. The summed E-state index contributed by atoms with van der Waals surface area (Å²) >= 11 is 2.34. The smallest absolute Gasteiger partial charge is 0.323 e. The normalized spacial score (nSPS) is 11.5. The van der Waals surface area contributed by atoms with E-state index in [1.54, 1.807) is 0 Å². The first-order chi connectivity index (χ1) is 14.6. The molecule has 0 spiro atoms. The van der Waals surface area contributed by atoms with Crippen molar-refractivity contribution in [1.82, 2.24) is 0 Å². The summed E-state index contributed by atoms with van der Waals surface area (Å²) in [6, 6.07) is 0. The summed E-state index contributed by atoms with van der Waals surface area (Å²) in [6.07, 6.45) is 16.5. The molecule has 0 aromatic heterocycles. The minimum absolute atomic E-state index is 0.375. The van der Waals surface area contributed by atoms with E-state index in [0.717, 1.165) is 43.0 Å². The van der Waals surface area contributed by atoms with Gasteiger partial charge in [-0.3, -0.25) is 9.59 Å². The summed E-state index contributed by atoms with van der Waals surface area (Å²) < 4.78 is 12.2. The van der Waals surface area contributed by atoms with Crippen LogP contribution in [0.3, 0.4) is 0 Å². The molecule has 0 aliphatic rings. The first-order valence-electron chi connectivity index (χ1n) is 12.5. The number of hydrogen-bond donors (Lipinski definition) is 0. The molecule has 4 nitrogen and oxygen atoms in total. The SMILES string of the molecule is CCCCCCCCOC(=O)C(CC)(CCCCI)C(=O)OCCCCCCCC. The Hall–Kier alpha value is -0.330. The zero-order valence-electron chi connectivity index (χ0n) is 19.9. The lowest BCUT2D eigenvalue weighted by Gasteiger charge is -2.28. The highest BCUT2D eigenvalue weighted by molar-refractivity contribution is 14.1. The summed E-state index contributed by atoms with van der Waals surface area (Å²) in [6.45, 7) is 7.13. The zero-order chi connectivity index (χ0) is 22.5. The molecule has 0 aliphatic heterocycles. The lowest BCUT2D eigenvalue weighted by molar-refractivity contribution is -0.174. The number of ether oxygens (including phenoxy) is 2. The van der Waals surface area contributed by atoms with Crippen LogP contribution < -0.4 is 0 Å². The third-order valence-corrected chi connectivity index (χ3v) is 6.60. The van der Waals surface area contributed by atoms with Gasteiger partial charge >= 0.3 is 11.9 Å². The van der Waals surface area contributed by atoms with E-state index in [9.17, 15) is 9.59 Å². The predicted octanol–water partition coefficient (Wildman–Crippen LogP) is 7.80. The molecule has 0 amide bonds. The van der Waals surface area contributed by atoms with Crippen LogP contribution in [-0.2, 0) is 19.1 Å². The second-order valence-electron chi connectivity index (χ2n) is 8.39. The molecule has 0 saturated heterocycles. The van der Waals surface area contributed by atoms with Crippen LogP contribution in [0.5, 0.6) is 0 Å². The van der Waals surface area contributed by atoms with Gasteiger partial charge in [-0.15, -0.1) is 0 Å². The van der Waals surface area contributed by atoms with Crippen LogP contribution >= 0.6 is 22.6 Å². The maximum absolute atomic E-state index is 12.9. The molecular formula is C25H47IO4. The van der Waals surface area contributed by atoms with Crippen molar-refractivity contribution in [2.45, 2.75) is 124 Å². The minimum Gasteiger partial charge on any atom is -0.465 e. The molecule has 0 N–H and O–H groups in total. The highest BCUT2D eigenvalue weighted by Crippen LogP contribution is 2.33. The Morgan fingerprint density at radius 1 is 0.633 bits per heavy atom. The van der Waals surface area contributed by atoms with Gasteiger partial charge < -0.3 is 9.47 Å². The number of rotatable bonds is 21. The first kappa shape index (κ1) is 29.7. The van der Waals surface area contributed by atoms with Crippen molar-refractivity contribution in [3.8, 4) is 0 Å². The number of carbonyl (C=O) groups excluding carboxylic acids is 2. The topological polar surface area (TPSA) is 52.6 Å². The maximum atomic E-state index is 12.9. The summed E-state index contributed by atoms with van der Waals surface area (Å²) in [4.78, 5) is 25.9. The lowest BCUT2D eigenvalue weighted by atomic mass is 9.80. The Morgan fingerprint density at radius 2 is 1.07 bits per heavy atom. The Bertz CT molecular complexity index is 395.